The number of nitrogens with two attached hydrogens (primary N) is 1. The van der Waals surface area contributed by atoms with Crippen LogP contribution in [0.1, 0.15) is 25.5 Å². The Morgan fingerprint density at radius 2 is 2.47 bits per heavy atom. The zero-order valence-electron chi connectivity index (χ0n) is 10.5. The Morgan fingerprint density at radius 3 is 3.12 bits per heavy atom. The summed E-state index contributed by atoms with van der Waals surface area (Å²) in [6.07, 6.45) is 4.20. The molecule has 1 unspecified atom stereocenters. The second-order valence-corrected chi connectivity index (χ2v) is 4.69. The fourth-order valence-corrected chi connectivity index (χ4v) is 2.12. The van der Waals surface area contributed by atoms with Crippen molar-refractivity contribution in [2.45, 2.75) is 26.3 Å². The Labute approximate surface area is 102 Å². The van der Waals surface area contributed by atoms with Crippen molar-refractivity contribution in [3.05, 3.63) is 11.9 Å². The van der Waals surface area contributed by atoms with Gasteiger partial charge in [-0.3, -0.25) is 0 Å². The van der Waals surface area contributed by atoms with Crippen LogP contribution in [0.5, 0.6) is 0 Å². The Kier molecular flexibility index (Phi) is 3.61. The maximum Gasteiger partial charge on any atom is 0.191 e. The van der Waals surface area contributed by atoms with E-state index in [1.807, 2.05) is 0 Å². The number of nitrogens with zero attached hydrogens (tertiary/aromatic N) is 5. The Bertz CT molecular complexity index is 396. The van der Waals surface area contributed by atoms with Gasteiger partial charge >= 0.3 is 0 Å². The van der Waals surface area contributed by atoms with Crippen LogP contribution in [0, 0.1) is 5.92 Å². The Hall–Kier alpha value is -1.59. The third-order valence-corrected chi connectivity index (χ3v) is 3.03. The monoisotopic (exact) mass is 236 g/mol. The molecule has 6 nitrogen and oxygen atoms in total. The van der Waals surface area contributed by atoms with Crippen LogP contribution in [0.25, 0.3) is 0 Å². The van der Waals surface area contributed by atoms with E-state index < -0.39 is 0 Å². The normalized spacial score (nSPS) is 21.9. The topological polar surface area (TPSA) is 72.3 Å². The molecule has 1 aromatic heterocycles. The number of rotatable bonds is 2. The van der Waals surface area contributed by atoms with Gasteiger partial charge in [0.25, 0.3) is 0 Å². The molecule has 1 aliphatic heterocycles. The van der Waals surface area contributed by atoms with E-state index in [4.69, 9.17) is 5.73 Å². The highest BCUT2D eigenvalue weighted by atomic mass is 15.4. The number of guanidine groups is 1. The van der Waals surface area contributed by atoms with Crippen molar-refractivity contribution in [2.24, 2.45) is 23.7 Å². The van der Waals surface area contributed by atoms with Crippen LogP contribution in [0.15, 0.2) is 11.2 Å². The summed E-state index contributed by atoms with van der Waals surface area (Å²) in [6, 6.07) is 0. The summed E-state index contributed by atoms with van der Waals surface area (Å²) < 4.78 is 0. The molecule has 2 N–H and O–H groups in total. The molecule has 0 spiro atoms. The number of aromatic nitrogens is 3. The molecule has 0 saturated carbocycles. The summed E-state index contributed by atoms with van der Waals surface area (Å²) >= 11 is 0. The molecule has 1 aromatic rings. The van der Waals surface area contributed by atoms with Crippen molar-refractivity contribution in [2.75, 3.05) is 13.1 Å². The summed E-state index contributed by atoms with van der Waals surface area (Å²) in [7, 11) is 1.79. The van der Waals surface area contributed by atoms with Crippen LogP contribution >= 0.6 is 0 Å². The van der Waals surface area contributed by atoms with Crippen molar-refractivity contribution < 1.29 is 0 Å². The molecule has 1 atom stereocenters. The summed E-state index contributed by atoms with van der Waals surface area (Å²) in [4.78, 5) is 8.06. The quantitative estimate of drug-likeness (QED) is 0.594. The Balaban J connectivity index is 1.92. The van der Waals surface area contributed by atoms with E-state index in [0.29, 0.717) is 18.4 Å². The average Bonchev–Trinajstić information content (AvgIpc) is 2.72. The van der Waals surface area contributed by atoms with E-state index in [0.717, 1.165) is 18.8 Å². The fraction of sp³-hybridized carbons (Fsp3) is 0.727. The minimum absolute atomic E-state index is 0.505. The van der Waals surface area contributed by atoms with Crippen LogP contribution in [-0.2, 0) is 13.6 Å². The second-order valence-electron chi connectivity index (χ2n) is 4.69. The summed E-state index contributed by atoms with van der Waals surface area (Å²) in [6.45, 7) is 4.78. The smallest absolute Gasteiger partial charge is 0.191 e. The van der Waals surface area contributed by atoms with Crippen LogP contribution in [0.2, 0.25) is 0 Å². The van der Waals surface area contributed by atoms with E-state index in [-0.39, 0.29) is 0 Å². The van der Waals surface area contributed by atoms with E-state index in [1.54, 1.807) is 13.2 Å². The number of piperidine rings is 1. The van der Waals surface area contributed by atoms with Gasteiger partial charge in [0, 0.05) is 20.1 Å². The van der Waals surface area contributed by atoms with Gasteiger partial charge in [0.1, 0.15) is 5.69 Å². The predicted octanol–water partition coefficient (Wildman–Crippen LogP) is 0.362. The van der Waals surface area contributed by atoms with Crippen LogP contribution in [0.4, 0.5) is 0 Å². The van der Waals surface area contributed by atoms with E-state index in [1.165, 1.54) is 17.6 Å². The van der Waals surface area contributed by atoms with Gasteiger partial charge in [0.2, 0.25) is 0 Å². The van der Waals surface area contributed by atoms with Crippen LogP contribution in [-0.4, -0.2) is 38.9 Å². The SMILES string of the molecule is CC1CCCN(C(N)=NCc2cnn(C)n2)C1. The van der Waals surface area contributed by atoms with E-state index in [9.17, 15) is 0 Å². The first-order chi connectivity index (χ1) is 8.15. The van der Waals surface area contributed by atoms with Gasteiger partial charge in [-0.25, -0.2) is 4.99 Å². The molecule has 1 aliphatic rings. The molecule has 1 saturated heterocycles. The van der Waals surface area contributed by atoms with Crippen molar-refractivity contribution in [1.82, 2.24) is 19.9 Å². The van der Waals surface area contributed by atoms with Crippen molar-refractivity contribution >= 4 is 5.96 Å². The maximum absolute atomic E-state index is 5.99. The summed E-state index contributed by atoms with van der Waals surface area (Å²) in [5, 5.41) is 8.17. The third-order valence-electron chi connectivity index (χ3n) is 3.03. The first-order valence-corrected chi connectivity index (χ1v) is 6.05. The molecule has 1 fully saturated rings. The molecule has 17 heavy (non-hydrogen) atoms. The number of hydrogen-bond acceptors (Lipinski definition) is 3. The standard InChI is InChI=1S/C11H20N6/c1-9-4-3-5-17(8-9)11(12)13-6-10-7-14-16(2)15-10/h7,9H,3-6,8H2,1-2H3,(H2,12,13). The molecule has 0 radical (unpaired) electrons. The van der Waals surface area contributed by atoms with Gasteiger partial charge in [0.05, 0.1) is 12.7 Å². The first kappa shape index (κ1) is 11.9. The molecule has 2 heterocycles. The minimum atomic E-state index is 0.505. The average molecular weight is 236 g/mol. The van der Waals surface area contributed by atoms with E-state index >= 15 is 0 Å². The lowest BCUT2D eigenvalue weighted by molar-refractivity contribution is 0.270. The van der Waals surface area contributed by atoms with Crippen molar-refractivity contribution in [3.8, 4) is 0 Å². The van der Waals surface area contributed by atoms with Gasteiger partial charge in [-0.05, 0) is 18.8 Å². The highest BCUT2D eigenvalue weighted by Gasteiger charge is 2.17. The van der Waals surface area contributed by atoms with Crippen LogP contribution < -0.4 is 5.73 Å². The molecule has 0 aliphatic carbocycles. The lowest BCUT2D eigenvalue weighted by Gasteiger charge is -2.31. The first-order valence-electron chi connectivity index (χ1n) is 6.05. The van der Waals surface area contributed by atoms with Crippen LogP contribution in [0.3, 0.4) is 0 Å². The second kappa shape index (κ2) is 5.16. The predicted molar refractivity (Wildman–Crippen MR) is 66.3 cm³/mol. The lowest BCUT2D eigenvalue weighted by atomic mass is 10.0. The minimum Gasteiger partial charge on any atom is -0.370 e. The highest BCUT2D eigenvalue weighted by Crippen LogP contribution is 2.14. The maximum atomic E-state index is 5.99. The van der Waals surface area contributed by atoms with E-state index in [2.05, 4.69) is 27.0 Å². The number of aliphatic imine (C=N–C) groups is 1. The molecule has 94 valence electrons. The summed E-state index contributed by atoms with van der Waals surface area (Å²) in [5.74, 6) is 1.33. The van der Waals surface area contributed by atoms with Crippen molar-refractivity contribution in [1.29, 1.82) is 0 Å². The van der Waals surface area contributed by atoms with Gasteiger partial charge in [-0.15, -0.1) is 0 Å². The van der Waals surface area contributed by atoms with Gasteiger partial charge < -0.3 is 10.6 Å². The van der Waals surface area contributed by atoms with Gasteiger partial charge in [0.15, 0.2) is 5.96 Å². The molecular weight excluding hydrogens is 216 g/mol. The molecule has 0 amide bonds. The largest absolute Gasteiger partial charge is 0.370 e. The third kappa shape index (κ3) is 3.18. The number of likely N-dealkylation sites (tertiary alicyclic amines) is 1. The molecular formula is C11H20N6. The zero-order valence-corrected chi connectivity index (χ0v) is 10.5. The highest BCUT2D eigenvalue weighted by molar-refractivity contribution is 5.78. The summed E-state index contributed by atoms with van der Waals surface area (Å²) in [5.41, 5.74) is 6.83. The molecule has 0 bridgehead atoms. The Morgan fingerprint density at radius 1 is 1.65 bits per heavy atom. The van der Waals surface area contributed by atoms with Crippen molar-refractivity contribution in [3.63, 3.8) is 0 Å². The molecule has 6 heteroatoms. The fourth-order valence-electron chi connectivity index (χ4n) is 2.12. The lowest BCUT2D eigenvalue weighted by Crippen LogP contribution is -2.43. The zero-order chi connectivity index (χ0) is 12.3. The number of aryl methyl sites for hydroxylation is 1. The van der Waals surface area contributed by atoms with Gasteiger partial charge in [-0.2, -0.15) is 15.0 Å². The molecule has 2 rings (SSSR count). The molecule has 0 aromatic carbocycles. The number of hydrogen-bond donors (Lipinski definition) is 1. The van der Waals surface area contributed by atoms with Gasteiger partial charge in [-0.1, -0.05) is 6.92 Å².